The summed E-state index contributed by atoms with van der Waals surface area (Å²) in [7, 11) is 2.02. The van der Waals surface area contributed by atoms with E-state index in [2.05, 4.69) is 77.6 Å². The molecule has 0 aromatic heterocycles. The molecule has 0 saturated carbocycles. The molecule has 0 amide bonds. The van der Waals surface area contributed by atoms with Crippen LogP contribution in [0, 0.1) is 0 Å². The highest BCUT2D eigenvalue weighted by Crippen LogP contribution is 2.26. The number of nitrogens with one attached hydrogen (secondary N) is 1. The van der Waals surface area contributed by atoms with E-state index in [-0.39, 0.29) is 6.04 Å². The number of rotatable bonds is 5. The zero-order valence-corrected chi connectivity index (χ0v) is 14.0. The van der Waals surface area contributed by atoms with Gasteiger partial charge in [-0.15, -0.1) is 0 Å². The fourth-order valence-electron chi connectivity index (χ4n) is 2.71. The number of hydrogen-bond acceptors (Lipinski definition) is 1. The topological polar surface area (TPSA) is 12.0 Å². The molecule has 0 fully saturated rings. The van der Waals surface area contributed by atoms with E-state index >= 15 is 0 Å². The second kappa shape index (κ2) is 7.05. The lowest BCUT2D eigenvalue weighted by atomic mass is 9.93. The highest BCUT2D eigenvalue weighted by Gasteiger charge is 2.13. The summed E-state index contributed by atoms with van der Waals surface area (Å²) < 4.78 is 1.12. The second-order valence-electron chi connectivity index (χ2n) is 5.01. The molecular weight excluding hydrogens is 310 g/mol. The van der Waals surface area contributed by atoms with Gasteiger partial charge in [0.1, 0.15) is 0 Å². The van der Waals surface area contributed by atoms with E-state index in [9.17, 15) is 0 Å². The molecule has 20 heavy (non-hydrogen) atoms. The van der Waals surface area contributed by atoms with Crippen LogP contribution in [0.25, 0.3) is 0 Å². The molecule has 0 aliphatic heterocycles. The first-order chi connectivity index (χ1) is 9.69. The quantitative estimate of drug-likeness (QED) is 0.823. The summed E-state index contributed by atoms with van der Waals surface area (Å²) >= 11 is 3.56. The van der Waals surface area contributed by atoms with E-state index in [1.165, 1.54) is 22.3 Å². The molecule has 2 heteroatoms. The zero-order valence-electron chi connectivity index (χ0n) is 12.4. The van der Waals surface area contributed by atoms with Gasteiger partial charge in [-0.05, 0) is 54.3 Å². The maximum Gasteiger partial charge on any atom is 0.0574 e. The zero-order chi connectivity index (χ0) is 14.5. The first-order valence-corrected chi connectivity index (χ1v) is 8.03. The number of aryl methyl sites for hydroxylation is 2. The van der Waals surface area contributed by atoms with Crippen molar-refractivity contribution in [2.45, 2.75) is 32.7 Å². The summed E-state index contributed by atoms with van der Waals surface area (Å²) in [6, 6.07) is 15.6. The number of halogens is 1. The molecule has 0 bridgehead atoms. The van der Waals surface area contributed by atoms with Crippen molar-refractivity contribution < 1.29 is 0 Å². The van der Waals surface area contributed by atoms with E-state index < -0.39 is 0 Å². The Morgan fingerprint density at radius 3 is 2.25 bits per heavy atom. The van der Waals surface area contributed by atoms with E-state index in [0.717, 1.165) is 17.3 Å². The molecular formula is C18H22BrN. The number of benzene rings is 2. The average Bonchev–Trinajstić information content (AvgIpc) is 2.48. The third-order valence-electron chi connectivity index (χ3n) is 3.80. The van der Waals surface area contributed by atoms with Crippen molar-refractivity contribution in [2.24, 2.45) is 0 Å². The molecule has 2 aromatic rings. The van der Waals surface area contributed by atoms with E-state index in [1.807, 2.05) is 7.05 Å². The summed E-state index contributed by atoms with van der Waals surface area (Å²) in [6.07, 6.45) is 2.19. The summed E-state index contributed by atoms with van der Waals surface area (Å²) in [4.78, 5) is 0. The van der Waals surface area contributed by atoms with Crippen molar-refractivity contribution >= 4 is 15.9 Å². The molecule has 1 N–H and O–H groups in total. The van der Waals surface area contributed by atoms with E-state index in [4.69, 9.17) is 0 Å². The van der Waals surface area contributed by atoms with Crippen LogP contribution in [0.2, 0.25) is 0 Å². The third-order valence-corrected chi connectivity index (χ3v) is 4.29. The predicted molar refractivity (Wildman–Crippen MR) is 90.2 cm³/mol. The fraction of sp³-hybridized carbons (Fsp3) is 0.333. The van der Waals surface area contributed by atoms with Gasteiger partial charge in [0, 0.05) is 4.47 Å². The highest BCUT2D eigenvalue weighted by molar-refractivity contribution is 9.10. The smallest absolute Gasteiger partial charge is 0.0574 e. The van der Waals surface area contributed by atoms with Crippen LogP contribution in [0.4, 0.5) is 0 Å². The van der Waals surface area contributed by atoms with Crippen LogP contribution in [0.15, 0.2) is 46.9 Å². The lowest BCUT2D eigenvalue weighted by Gasteiger charge is -2.19. The Hall–Kier alpha value is -1.12. The molecule has 1 nitrogen and oxygen atoms in total. The molecule has 0 aliphatic rings. The van der Waals surface area contributed by atoms with Crippen LogP contribution >= 0.6 is 15.9 Å². The summed E-state index contributed by atoms with van der Waals surface area (Å²) in [5.41, 5.74) is 5.54. The normalized spacial score (nSPS) is 12.4. The second-order valence-corrected chi connectivity index (χ2v) is 5.93. The summed E-state index contributed by atoms with van der Waals surface area (Å²) in [6.45, 7) is 4.45. The van der Waals surface area contributed by atoms with Gasteiger partial charge in [-0.2, -0.15) is 0 Å². The lowest BCUT2D eigenvalue weighted by Crippen LogP contribution is -2.18. The SMILES string of the molecule is CCc1ccc(C(NC)c2cccc(Br)c2)cc1CC. The van der Waals surface area contributed by atoms with E-state index in [1.54, 1.807) is 0 Å². The molecule has 2 rings (SSSR count). The minimum absolute atomic E-state index is 0.240. The van der Waals surface area contributed by atoms with Crippen molar-refractivity contribution in [3.8, 4) is 0 Å². The molecule has 1 atom stereocenters. The fourth-order valence-corrected chi connectivity index (χ4v) is 3.13. The maximum absolute atomic E-state index is 3.56. The van der Waals surface area contributed by atoms with Crippen molar-refractivity contribution in [1.82, 2.24) is 5.32 Å². The largest absolute Gasteiger partial charge is 0.309 e. The van der Waals surface area contributed by atoms with Gasteiger partial charge in [-0.1, -0.05) is 60.1 Å². The Balaban J connectivity index is 2.41. The summed E-state index contributed by atoms with van der Waals surface area (Å²) in [5.74, 6) is 0. The minimum Gasteiger partial charge on any atom is -0.309 e. The lowest BCUT2D eigenvalue weighted by molar-refractivity contribution is 0.690. The molecule has 0 radical (unpaired) electrons. The van der Waals surface area contributed by atoms with Crippen molar-refractivity contribution in [3.63, 3.8) is 0 Å². The molecule has 106 valence electrons. The van der Waals surface area contributed by atoms with Gasteiger partial charge in [-0.25, -0.2) is 0 Å². The Bertz CT molecular complexity index is 577. The predicted octanol–water partition coefficient (Wildman–Crippen LogP) is 4.88. The van der Waals surface area contributed by atoms with Crippen molar-refractivity contribution in [2.75, 3.05) is 7.05 Å². The van der Waals surface area contributed by atoms with Gasteiger partial charge in [0.2, 0.25) is 0 Å². The van der Waals surface area contributed by atoms with Gasteiger partial charge >= 0.3 is 0 Å². The van der Waals surface area contributed by atoms with Gasteiger partial charge in [0.25, 0.3) is 0 Å². The third kappa shape index (κ3) is 3.31. The van der Waals surface area contributed by atoms with Crippen LogP contribution in [0.1, 0.15) is 42.1 Å². The highest BCUT2D eigenvalue weighted by atomic mass is 79.9. The molecule has 2 aromatic carbocycles. The molecule has 0 heterocycles. The maximum atomic E-state index is 3.56. The molecule has 0 aliphatic carbocycles. The van der Waals surface area contributed by atoms with Crippen molar-refractivity contribution in [3.05, 3.63) is 69.2 Å². The van der Waals surface area contributed by atoms with Crippen LogP contribution in [0.3, 0.4) is 0 Å². The molecule has 1 unspecified atom stereocenters. The van der Waals surface area contributed by atoms with Crippen LogP contribution in [0.5, 0.6) is 0 Å². The molecule has 0 spiro atoms. The van der Waals surface area contributed by atoms with Gasteiger partial charge in [0.05, 0.1) is 6.04 Å². The van der Waals surface area contributed by atoms with Gasteiger partial charge in [-0.3, -0.25) is 0 Å². The van der Waals surface area contributed by atoms with Crippen LogP contribution in [-0.4, -0.2) is 7.05 Å². The van der Waals surface area contributed by atoms with Crippen molar-refractivity contribution in [1.29, 1.82) is 0 Å². The van der Waals surface area contributed by atoms with Crippen LogP contribution < -0.4 is 5.32 Å². The number of hydrogen-bond donors (Lipinski definition) is 1. The monoisotopic (exact) mass is 331 g/mol. The Labute approximate surface area is 130 Å². The minimum atomic E-state index is 0.240. The Morgan fingerprint density at radius 2 is 1.65 bits per heavy atom. The Morgan fingerprint density at radius 1 is 0.950 bits per heavy atom. The Kier molecular flexibility index (Phi) is 5.38. The van der Waals surface area contributed by atoms with Gasteiger partial charge < -0.3 is 5.32 Å². The van der Waals surface area contributed by atoms with Crippen LogP contribution in [-0.2, 0) is 12.8 Å². The summed E-state index contributed by atoms with van der Waals surface area (Å²) in [5, 5.41) is 3.43. The average molecular weight is 332 g/mol. The first-order valence-electron chi connectivity index (χ1n) is 7.24. The van der Waals surface area contributed by atoms with Gasteiger partial charge in [0.15, 0.2) is 0 Å². The standard InChI is InChI=1S/C18H22BrN/c1-4-13-9-10-16(11-14(13)5-2)18(20-3)15-7-6-8-17(19)12-15/h6-12,18,20H,4-5H2,1-3H3. The van der Waals surface area contributed by atoms with E-state index in [0.29, 0.717) is 0 Å². The molecule has 0 saturated heterocycles. The first kappa shape index (κ1) is 15.3.